The fourth-order valence-electron chi connectivity index (χ4n) is 5.09. The van der Waals surface area contributed by atoms with E-state index in [4.69, 9.17) is 0 Å². The van der Waals surface area contributed by atoms with Crippen molar-refractivity contribution in [2.75, 3.05) is 49.1 Å². The Morgan fingerprint density at radius 3 is 2.46 bits per heavy atom. The fourth-order valence-corrected chi connectivity index (χ4v) is 5.09. The summed E-state index contributed by atoms with van der Waals surface area (Å²) in [6.07, 6.45) is 4.29. The Morgan fingerprint density at radius 2 is 1.76 bits per heavy atom. The first-order valence-electron chi connectivity index (χ1n) is 13.7. The summed E-state index contributed by atoms with van der Waals surface area (Å²) in [6.45, 7) is 8.36. The van der Waals surface area contributed by atoms with Crippen LogP contribution in [0, 0.1) is 11.6 Å². The molecule has 0 atom stereocenters. The first-order chi connectivity index (χ1) is 19.8. The quantitative estimate of drug-likeness (QED) is 0.310. The van der Waals surface area contributed by atoms with Crippen LogP contribution in [-0.2, 0) is 16.1 Å². The van der Waals surface area contributed by atoms with Crippen molar-refractivity contribution in [1.82, 2.24) is 24.8 Å². The molecule has 0 saturated carbocycles. The second kappa shape index (κ2) is 12.4. The van der Waals surface area contributed by atoms with Crippen LogP contribution >= 0.6 is 0 Å². The normalized spacial score (nSPS) is 13.9. The van der Waals surface area contributed by atoms with E-state index < -0.39 is 11.6 Å². The van der Waals surface area contributed by atoms with Gasteiger partial charge in [-0.2, -0.15) is 4.98 Å². The molecule has 0 radical (unpaired) electrons. The predicted molar refractivity (Wildman–Crippen MR) is 154 cm³/mol. The Labute approximate surface area is 237 Å². The summed E-state index contributed by atoms with van der Waals surface area (Å²) in [5.41, 5.74) is 2.41. The minimum Gasteiger partial charge on any atom is -0.369 e. The molecular formula is C30H33F2N7O2. The van der Waals surface area contributed by atoms with Crippen molar-refractivity contribution in [1.29, 1.82) is 0 Å². The van der Waals surface area contributed by atoms with Gasteiger partial charge in [0.15, 0.2) is 0 Å². The molecule has 41 heavy (non-hydrogen) atoms. The standard InChI is InChI=1S/C30H33F2N7O2/c1-21(40)33-11-3-12-36-14-16-37(17-15-36)26-5-7-27(8-6-26)39(22(2)41)30-34-19-23-10-13-38(29(23)35-30)20-24-18-25(31)4-9-28(24)32/h4-10,13,18-19H,3,11-12,14-17,20H2,1-2H3,(H,33,40). The maximum Gasteiger partial charge on any atom is 0.238 e. The van der Waals surface area contributed by atoms with Crippen molar-refractivity contribution in [2.45, 2.75) is 26.8 Å². The molecule has 3 heterocycles. The van der Waals surface area contributed by atoms with Crippen LogP contribution in [0.5, 0.6) is 0 Å². The van der Waals surface area contributed by atoms with E-state index in [9.17, 15) is 18.4 Å². The topological polar surface area (TPSA) is 86.6 Å². The van der Waals surface area contributed by atoms with Crippen LogP contribution in [-0.4, -0.2) is 70.5 Å². The van der Waals surface area contributed by atoms with Gasteiger partial charge in [-0.05, 0) is 61.5 Å². The zero-order chi connectivity index (χ0) is 28.9. The van der Waals surface area contributed by atoms with E-state index in [1.54, 1.807) is 23.0 Å². The van der Waals surface area contributed by atoms with Gasteiger partial charge >= 0.3 is 0 Å². The highest BCUT2D eigenvalue weighted by molar-refractivity contribution is 5.98. The monoisotopic (exact) mass is 561 g/mol. The average Bonchev–Trinajstić information content (AvgIpc) is 3.35. The molecule has 1 aliphatic heterocycles. The molecule has 0 aliphatic carbocycles. The van der Waals surface area contributed by atoms with Crippen molar-refractivity contribution in [3.05, 3.63) is 78.1 Å². The van der Waals surface area contributed by atoms with E-state index in [0.717, 1.165) is 62.4 Å². The lowest BCUT2D eigenvalue weighted by Crippen LogP contribution is -2.47. The third-order valence-corrected chi connectivity index (χ3v) is 7.22. The highest BCUT2D eigenvalue weighted by atomic mass is 19.1. The van der Waals surface area contributed by atoms with Crippen LogP contribution in [0.15, 0.2) is 60.9 Å². The van der Waals surface area contributed by atoms with E-state index in [0.29, 0.717) is 17.9 Å². The number of aromatic nitrogens is 3. The Kier molecular flexibility index (Phi) is 8.53. The van der Waals surface area contributed by atoms with Gasteiger partial charge in [-0.25, -0.2) is 18.7 Å². The van der Waals surface area contributed by atoms with Gasteiger partial charge in [0.25, 0.3) is 0 Å². The Balaban J connectivity index is 1.29. The molecule has 214 valence electrons. The van der Waals surface area contributed by atoms with Gasteiger partial charge in [-0.3, -0.25) is 14.5 Å². The first-order valence-corrected chi connectivity index (χ1v) is 13.7. The molecule has 1 N–H and O–H groups in total. The van der Waals surface area contributed by atoms with Crippen molar-refractivity contribution in [3.8, 4) is 0 Å². The third kappa shape index (κ3) is 6.68. The largest absolute Gasteiger partial charge is 0.369 e. The summed E-state index contributed by atoms with van der Waals surface area (Å²) < 4.78 is 29.7. The maximum absolute atomic E-state index is 14.3. The molecule has 0 unspecified atom stereocenters. The molecule has 2 aromatic carbocycles. The maximum atomic E-state index is 14.3. The van der Waals surface area contributed by atoms with Gasteiger partial charge < -0.3 is 14.8 Å². The minimum absolute atomic E-state index is 0.000813. The Hall–Kier alpha value is -4.38. The molecule has 2 amide bonds. The van der Waals surface area contributed by atoms with Crippen LogP contribution in [0.3, 0.4) is 0 Å². The lowest BCUT2D eigenvalue weighted by Gasteiger charge is -2.36. The second-order valence-corrected chi connectivity index (χ2v) is 10.2. The van der Waals surface area contributed by atoms with Gasteiger partial charge in [0.2, 0.25) is 17.8 Å². The number of carbonyl (C=O) groups is 2. The van der Waals surface area contributed by atoms with Gasteiger partial charge in [-0.15, -0.1) is 0 Å². The third-order valence-electron chi connectivity index (χ3n) is 7.22. The average molecular weight is 562 g/mol. The number of benzene rings is 2. The van der Waals surface area contributed by atoms with E-state index in [1.807, 2.05) is 24.3 Å². The minimum atomic E-state index is -0.514. The number of nitrogens with zero attached hydrogens (tertiary/aromatic N) is 6. The zero-order valence-corrected chi connectivity index (χ0v) is 23.2. The molecule has 1 fully saturated rings. The highest BCUT2D eigenvalue weighted by Crippen LogP contribution is 2.28. The number of anilines is 3. The molecule has 1 aliphatic rings. The summed E-state index contributed by atoms with van der Waals surface area (Å²) in [6, 6.07) is 12.9. The van der Waals surface area contributed by atoms with Crippen molar-refractivity contribution < 1.29 is 18.4 Å². The van der Waals surface area contributed by atoms with E-state index in [-0.39, 0.29) is 29.9 Å². The molecular weight excluding hydrogens is 528 g/mol. The Bertz CT molecular complexity index is 1530. The Morgan fingerprint density at radius 1 is 1.00 bits per heavy atom. The van der Waals surface area contributed by atoms with Crippen LogP contribution in [0.2, 0.25) is 0 Å². The highest BCUT2D eigenvalue weighted by Gasteiger charge is 2.21. The number of fused-ring (bicyclic) bond motifs is 1. The van der Waals surface area contributed by atoms with Crippen LogP contribution < -0.4 is 15.1 Å². The van der Waals surface area contributed by atoms with Crippen LogP contribution in [0.1, 0.15) is 25.8 Å². The van der Waals surface area contributed by atoms with Gasteiger partial charge in [-0.1, -0.05) is 0 Å². The van der Waals surface area contributed by atoms with E-state index in [1.165, 1.54) is 24.8 Å². The number of carbonyl (C=O) groups excluding carboxylic acids is 2. The molecule has 0 spiro atoms. The summed E-state index contributed by atoms with van der Waals surface area (Å²) in [5, 5.41) is 3.56. The summed E-state index contributed by atoms with van der Waals surface area (Å²) >= 11 is 0. The number of piperazine rings is 1. The number of rotatable bonds is 9. The van der Waals surface area contributed by atoms with Crippen molar-refractivity contribution >= 4 is 40.2 Å². The fraction of sp³-hybridized carbons (Fsp3) is 0.333. The molecule has 2 aromatic heterocycles. The summed E-state index contributed by atoms with van der Waals surface area (Å²) in [5.74, 6) is -1.07. The summed E-state index contributed by atoms with van der Waals surface area (Å²) in [4.78, 5) is 39.0. The predicted octanol–water partition coefficient (Wildman–Crippen LogP) is 4.09. The SMILES string of the molecule is CC(=O)NCCCN1CCN(c2ccc(N(C(C)=O)c3ncc4ccn(Cc5cc(F)ccc5F)c4n3)cc2)CC1. The number of amides is 2. The molecule has 0 bridgehead atoms. The first kappa shape index (κ1) is 28.2. The number of hydrogen-bond acceptors (Lipinski definition) is 6. The van der Waals surface area contributed by atoms with Gasteiger partial charge in [0.05, 0.1) is 12.2 Å². The summed E-state index contributed by atoms with van der Waals surface area (Å²) in [7, 11) is 0. The van der Waals surface area contributed by atoms with Crippen LogP contribution in [0.4, 0.5) is 26.1 Å². The van der Waals surface area contributed by atoms with E-state index >= 15 is 0 Å². The lowest BCUT2D eigenvalue weighted by molar-refractivity contribution is -0.119. The van der Waals surface area contributed by atoms with Crippen molar-refractivity contribution in [3.63, 3.8) is 0 Å². The number of nitrogens with one attached hydrogen (secondary N) is 1. The zero-order valence-electron chi connectivity index (χ0n) is 23.2. The molecule has 4 aromatic rings. The number of hydrogen-bond donors (Lipinski definition) is 1. The van der Waals surface area contributed by atoms with E-state index in [2.05, 4.69) is 25.1 Å². The van der Waals surface area contributed by atoms with Crippen molar-refractivity contribution in [2.24, 2.45) is 0 Å². The number of halogens is 2. The lowest BCUT2D eigenvalue weighted by atomic mass is 10.2. The van der Waals surface area contributed by atoms with Crippen LogP contribution in [0.25, 0.3) is 11.0 Å². The molecule has 11 heteroatoms. The molecule has 5 rings (SSSR count). The smallest absolute Gasteiger partial charge is 0.238 e. The second-order valence-electron chi connectivity index (χ2n) is 10.2. The van der Waals surface area contributed by atoms with Gasteiger partial charge in [0, 0.05) is 75.6 Å². The molecule has 1 saturated heterocycles. The molecule has 9 nitrogen and oxygen atoms in total. The van der Waals surface area contributed by atoms with Gasteiger partial charge in [0.1, 0.15) is 17.3 Å².